The number of hydrogen-bond donors (Lipinski definition) is 1. The number of nitrogens with one attached hydrogen (secondary N) is 1. The van der Waals surface area contributed by atoms with Crippen LogP contribution in [0.2, 0.25) is 10.0 Å². The maximum Gasteiger partial charge on any atom is 0.263 e. The first-order chi connectivity index (χ1) is 10.9. The van der Waals surface area contributed by atoms with Gasteiger partial charge in [0.15, 0.2) is 0 Å². The lowest BCUT2D eigenvalue weighted by molar-refractivity contribution is -0.115. The average molecular weight is 383 g/mol. The number of aryl methyl sites for hydroxylation is 1. The van der Waals surface area contributed by atoms with E-state index >= 15 is 0 Å². The van der Waals surface area contributed by atoms with Gasteiger partial charge < -0.3 is 9.88 Å². The number of benzene rings is 1. The molecule has 0 unspecified atom stereocenters. The summed E-state index contributed by atoms with van der Waals surface area (Å²) in [6, 6.07) is 7.42. The largest absolute Gasteiger partial charge is 0.316 e. The van der Waals surface area contributed by atoms with Crippen molar-refractivity contribution in [1.82, 2.24) is 9.88 Å². The van der Waals surface area contributed by atoms with Gasteiger partial charge in [0.25, 0.3) is 5.91 Å². The minimum Gasteiger partial charge on any atom is -0.316 e. The summed E-state index contributed by atoms with van der Waals surface area (Å²) < 4.78 is 2.52. The highest BCUT2D eigenvalue weighted by atomic mass is 35.5. The van der Waals surface area contributed by atoms with Crippen molar-refractivity contribution >= 4 is 63.5 Å². The molecule has 0 radical (unpaired) electrons. The van der Waals surface area contributed by atoms with Crippen molar-refractivity contribution in [3.63, 3.8) is 0 Å². The Hall–Kier alpha value is -1.27. The maximum absolute atomic E-state index is 11.8. The van der Waals surface area contributed by atoms with Gasteiger partial charge in [-0.25, -0.2) is 0 Å². The van der Waals surface area contributed by atoms with Gasteiger partial charge in [-0.05, 0) is 49.8 Å². The first-order valence-corrected chi connectivity index (χ1v) is 8.74. The summed E-state index contributed by atoms with van der Waals surface area (Å²) >= 11 is 18.6. The zero-order chi connectivity index (χ0) is 16.7. The molecule has 0 bridgehead atoms. The number of aromatic nitrogens is 1. The van der Waals surface area contributed by atoms with Crippen LogP contribution in [0.1, 0.15) is 17.0 Å². The molecule has 1 aromatic carbocycles. The first kappa shape index (κ1) is 16.6. The van der Waals surface area contributed by atoms with E-state index in [9.17, 15) is 4.79 Å². The summed E-state index contributed by atoms with van der Waals surface area (Å²) in [4.78, 5) is 12.4. The number of halogens is 2. The van der Waals surface area contributed by atoms with Crippen molar-refractivity contribution in [1.29, 1.82) is 0 Å². The highest BCUT2D eigenvalue weighted by Crippen LogP contribution is 2.31. The fourth-order valence-electron chi connectivity index (χ4n) is 2.53. The predicted molar refractivity (Wildman–Crippen MR) is 102 cm³/mol. The summed E-state index contributed by atoms with van der Waals surface area (Å²) in [5, 5.41) is 3.79. The Morgan fingerprint density at radius 3 is 2.61 bits per heavy atom. The molecular weight excluding hydrogens is 371 g/mol. The lowest BCUT2D eigenvalue weighted by Gasteiger charge is -2.12. The summed E-state index contributed by atoms with van der Waals surface area (Å²) in [5.41, 5.74) is 3.82. The zero-order valence-corrected chi connectivity index (χ0v) is 15.5. The number of hydrogen-bond acceptors (Lipinski definition) is 3. The number of carbonyl (C=O) groups is 1. The van der Waals surface area contributed by atoms with Gasteiger partial charge in [0, 0.05) is 16.4 Å². The minimum atomic E-state index is -0.158. The van der Waals surface area contributed by atoms with Crippen molar-refractivity contribution in [2.24, 2.45) is 0 Å². The third-order valence-corrected chi connectivity index (χ3v) is 5.25. The van der Waals surface area contributed by atoms with Crippen LogP contribution in [0.25, 0.3) is 11.8 Å². The number of carbonyl (C=O) groups excluding carboxylic acids is 1. The van der Waals surface area contributed by atoms with Crippen molar-refractivity contribution in [3.05, 3.63) is 56.2 Å². The van der Waals surface area contributed by atoms with Gasteiger partial charge in [-0.15, -0.1) is 0 Å². The second kappa shape index (κ2) is 6.32. The van der Waals surface area contributed by atoms with Gasteiger partial charge in [-0.1, -0.05) is 47.2 Å². The van der Waals surface area contributed by atoms with E-state index in [1.807, 2.05) is 36.6 Å². The summed E-state index contributed by atoms with van der Waals surface area (Å²) in [6.45, 7) is 3.98. The molecule has 3 rings (SSSR count). The van der Waals surface area contributed by atoms with Gasteiger partial charge in [0.1, 0.15) is 4.32 Å². The fraction of sp³-hybridized carbons (Fsp3) is 0.125. The molecule has 1 fully saturated rings. The van der Waals surface area contributed by atoms with Crippen LogP contribution < -0.4 is 5.32 Å². The van der Waals surface area contributed by atoms with E-state index in [4.69, 9.17) is 35.4 Å². The van der Waals surface area contributed by atoms with Crippen LogP contribution in [0.5, 0.6) is 0 Å². The molecule has 3 nitrogen and oxygen atoms in total. The highest BCUT2D eigenvalue weighted by Gasteiger charge is 2.23. The predicted octanol–water partition coefficient (Wildman–Crippen LogP) is 4.89. The van der Waals surface area contributed by atoms with Crippen LogP contribution in [0.3, 0.4) is 0 Å². The molecule has 7 heteroatoms. The lowest BCUT2D eigenvalue weighted by Crippen LogP contribution is -2.17. The van der Waals surface area contributed by atoms with Crippen LogP contribution >= 0.6 is 47.2 Å². The van der Waals surface area contributed by atoms with Crippen LogP contribution in [0.4, 0.5) is 0 Å². The molecule has 1 aliphatic rings. The molecule has 1 aliphatic heterocycles. The summed E-state index contributed by atoms with van der Waals surface area (Å²) in [7, 11) is 0. The summed E-state index contributed by atoms with van der Waals surface area (Å²) in [6.07, 6.45) is 1.85. The molecular formula is C16H12Cl2N2OS2. The van der Waals surface area contributed by atoms with Gasteiger partial charge in [-0.3, -0.25) is 4.79 Å². The Balaban J connectivity index is 2.08. The van der Waals surface area contributed by atoms with E-state index in [-0.39, 0.29) is 5.91 Å². The average Bonchev–Trinajstić information content (AvgIpc) is 2.91. The zero-order valence-electron chi connectivity index (χ0n) is 12.3. The van der Waals surface area contributed by atoms with Gasteiger partial charge in [0.05, 0.1) is 15.6 Å². The van der Waals surface area contributed by atoms with E-state index < -0.39 is 0 Å². The van der Waals surface area contributed by atoms with E-state index in [1.54, 1.807) is 12.1 Å². The number of amides is 1. The van der Waals surface area contributed by atoms with Crippen LogP contribution in [-0.2, 0) is 4.79 Å². The first-order valence-electron chi connectivity index (χ1n) is 6.76. The molecule has 1 aromatic heterocycles. The van der Waals surface area contributed by atoms with Gasteiger partial charge in [0.2, 0.25) is 0 Å². The molecule has 23 heavy (non-hydrogen) atoms. The number of thiocarbonyl (C=S) groups is 1. The van der Waals surface area contributed by atoms with Crippen molar-refractivity contribution in [2.75, 3.05) is 0 Å². The molecule has 118 valence electrons. The molecule has 1 saturated heterocycles. The molecule has 1 amide bonds. The van der Waals surface area contributed by atoms with E-state index in [0.29, 0.717) is 19.3 Å². The molecule has 0 spiro atoms. The van der Waals surface area contributed by atoms with Crippen molar-refractivity contribution in [2.45, 2.75) is 13.8 Å². The Morgan fingerprint density at radius 1 is 1.26 bits per heavy atom. The van der Waals surface area contributed by atoms with Crippen molar-refractivity contribution in [3.8, 4) is 5.69 Å². The van der Waals surface area contributed by atoms with Crippen LogP contribution in [0.15, 0.2) is 29.2 Å². The third kappa shape index (κ3) is 3.19. The summed E-state index contributed by atoms with van der Waals surface area (Å²) in [5.74, 6) is -0.158. The van der Waals surface area contributed by atoms with Crippen LogP contribution in [-0.4, -0.2) is 14.8 Å². The molecule has 0 atom stereocenters. The van der Waals surface area contributed by atoms with E-state index in [1.165, 1.54) is 11.8 Å². The highest BCUT2D eigenvalue weighted by molar-refractivity contribution is 8.26. The normalized spacial score (nSPS) is 16.3. The Morgan fingerprint density at radius 2 is 2.00 bits per heavy atom. The topological polar surface area (TPSA) is 34.0 Å². The standard InChI is InChI=1S/C16H12Cl2N2OS2/c1-8-5-10(6-14-15(21)19-16(22)23-14)9(2)20(8)13-4-3-11(17)7-12(13)18/h3-7H,1-2H3,(H,19,21,22)/b14-6-. The maximum atomic E-state index is 11.8. The second-order valence-corrected chi connectivity index (χ2v) is 7.67. The number of thioether (sulfide) groups is 1. The lowest BCUT2D eigenvalue weighted by atomic mass is 10.2. The SMILES string of the molecule is Cc1cc(/C=C2\SC(=S)NC2=O)c(C)n1-c1ccc(Cl)cc1Cl. The minimum absolute atomic E-state index is 0.158. The second-order valence-electron chi connectivity index (χ2n) is 5.11. The van der Waals surface area contributed by atoms with Gasteiger partial charge in [-0.2, -0.15) is 0 Å². The quantitative estimate of drug-likeness (QED) is 0.592. The number of nitrogens with zero attached hydrogens (tertiary/aromatic N) is 1. The van der Waals surface area contributed by atoms with Crippen molar-refractivity contribution < 1.29 is 4.79 Å². The molecule has 1 N–H and O–H groups in total. The molecule has 0 aliphatic carbocycles. The smallest absolute Gasteiger partial charge is 0.263 e. The molecule has 0 saturated carbocycles. The Kier molecular flexibility index (Phi) is 4.56. The fourth-order valence-corrected chi connectivity index (χ4v) is 4.06. The Bertz CT molecular complexity index is 871. The molecule has 2 aromatic rings. The van der Waals surface area contributed by atoms with Crippen LogP contribution in [0, 0.1) is 13.8 Å². The number of rotatable bonds is 2. The third-order valence-electron chi connectivity index (χ3n) is 3.55. The monoisotopic (exact) mass is 382 g/mol. The van der Waals surface area contributed by atoms with E-state index in [2.05, 4.69) is 5.32 Å². The molecule has 2 heterocycles. The van der Waals surface area contributed by atoms with E-state index in [0.717, 1.165) is 22.6 Å². The Labute approximate surface area is 153 Å². The van der Waals surface area contributed by atoms with Gasteiger partial charge >= 0.3 is 0 Å².